The third-order valence-electron chi connectivity index (χ3n) is 3.72. The largest absolute Gasteiger partial charge is 0.377 e. The number of rotatable bonds is 7. The number of nitrogens with zero attached hydrogens (tertiary/aromatic N) is 1. The third kappa shape index (κ3) is 4.31. The lowest BCUT2D eigenvalue weighted by Gasteiger charge is -2.22. The monoisotopic (exact) mass is 366 g/mol. The van der Waals surface area contributed by atoms with Crippen molar-refractivity contribution >= 4 is 33.0 Å². The molecule has 1 heterocycles. The number of benzene rings is 1. The summed E-state index contributed by atoms with van der Waals surface area (Å²) in [7, 11) is 0. The number of anilines is 1. The van der Waals surface area contributed by atoms with Gasteiger partial charge in [-0.2, -0.15) is 0 Å². The van der Waals surface area contributed by atoms with Crippen LogP contribution in [0.25, 0.3) is 0 Å². The number of para-hydroxylation sites is 1. The molecule has 0 saturated carbocycles. The summed E-state index contributed by atoms with van der Waals surface area (Å²) < 4.78 is 1.19. The molecule has 1 atom stereocenters. The first kappa shape index (κ1) is 16.5. The minimum Gasteiger partial charge on any atom is -0.377 e. The van der Waals surface area contributed by atoms with Gasteiger partial charge in [0.2, 0.25) is 0 Å². The Hall–Kier alpha value is -0.840. The van der Waals surface area contributed by atoms with E-state index in [0.717, 1.165) is 19.6 Å². The van der Waals surface area contributed by atoms with E-state index in [-0.39, 0.29) is 0 Å². The summed E-state index contributed by atoms with van der Waals surface area (Å²) in [6.07, 6.45) is 0. The summed E-state index contributed by atoms with van der Waals surface area (Å²) in [5.41, 5.74) is 2.60. The molecule has 0 bridgehead atoms. The molecule has 1 N–H and O–H groups in total. The zero-order chi connectivity index (χ0) is 15.2. The van der Waals surface area contributed by atoms with Crippen LogP contribution >= 0.6 is 27.3 Å². The Morgan fingerprint density at radius 2 is 1.90 bits per heavy atom. The van der Waals surface area contributed by atoms with E-state index < -0.39 is 0 Å². The molecular weight excluding hydrogens is 344 g/mol. The average Bonchev–Trinajstić information content (AvgIpc) is 2.92. The second kappa shape index (κ2) is 7.97. The van der Waals surface area contributed by atoms with Crippen LogP contribution in [0.1, 0.15) is 37.3 Å². The van der Waals surface area contributed by atoms with E-state index in [4.69, 9.17) is 0 Å². The van der Waals surface area contributed by atoms with Gasteiger partial charge in [0.1, 0.15) is 0 Å². The van der Waals surface area contributed by atoms with Crippen molar-refractivity contribution in [3.63, 3.8) is 0 Å². The van der Waals surface area contributed by atoms with E-state index in [9.17, 15) is 0 Å². The van der Waals surface area contributed by atoms with E-state index in [1.807, 2.05) is 0 Å². The van der Waals surface area contributed by atoms with Crippen molar-refractivity contribution in [3.8, 4) is 0 Å². The molecular formula is C17H23BrN2S. The van der Waals surface area contributed by atoms with E-state index in [1.165, 1.54) is 20.6 Å². The molecule has 0 radical (unpaired) electrons. The van der Waals surface area contributed by atoms with Crippen molar-refractivity contribution in [2.45, 2.75) is 33.4 Å². The number of hydrogen-bond donors (Lipinski definition) is 1. The minimum atomic E-state index is 0.303. The van der Waals surface area contributed by atoms with Crippen molar-refractivity contribution in [3.05, 3.63) is 50.6 Å². The fourth-order valence-corrected chi connectivity index (χ4v) is 4.13. The smallest absolute Gasteiger partial charge is 0.0589 e. The molecule has 0 aliphatic carbocycles. The van der Waals surface area contributed by atoms with Gasteiger partial charge in [0.25, 0.3) is 0 Å². The van der Waals surface area contributed by atoms with Crippen LogP contribution in [-0.4, -0.2) is 18.0 Å². The van der Waals surface area contributed by atoms with Crippen LogP contribution < -0.4 is 5.32 Å². The maximum absolute atomic E-state index is 3.66. The maximum Gasteiger partial charge on any atom is 0.0589 e. The summed E-state index contributed by atoms with van der Waals surface area (Å²) in [6.45, 7) is 9.79. The first-order chi connectivity index (χ1) is 10.2. The maximum atomic E-state index is 3.66. The second-order valence-electron chi connectivity index (χ2n) is 5.12. The Bertz CT molecular complexity index is 563. The number of thiophene rings is 1. The summed E-state index contributed by atoms with van der Waals surface area (Å²) in [4.78, 5) is 3.78. The molecule has 4 heteroatoms. The highest BCUT2D eigenvalue weighted by molar-refractivity contribution is 9.10. The summed E-state index contributed by atoms with van der Waals surface area (Å²) >= 11 is 5.41. The Morgan fingerprint density at radius 3 is 2.52 bits per heavy atom. The van der Waals surface area contributed by atoms with Gasteiger partial charge >= 0.3 is 0 Å². The molecule has 0 aliphatic heterocycles. The Balaban J connectivity index is 2.14. The van der Waals surface area contributed by atoms with Gasteiger partial charge in [-0.3, -0.25) is 4.90 Å². The van der Waals surface area contributed by atoms with Crippen LogP contribution in [0.5, 0.6) is 0 Å². The molecule has 0 fully saturated rings. The van der Waals surface area contributed by atoms with Gasteiger partial charge < -0.3 is 5.32 Å². The molecule has 1 unspecified atom stereocenters. The summed E-state index contributed by atoms with van der Waals surface area (Å²) in [6, 6.07) is 11.0. The molecule has 21 heavy (non-hydrogen) atoms. The lowest BCUT2D eigenvalue weighted by molar-refractivity contribution is 0.296. The summed E-state index contributed by atoms with van der Waals surface area (Å²) in [5.74, 6) is 0. The van der Waals surface area contributed by atoms with Gasteiger partial charge in [0.15, 0.2) is 0 Å². The topological polar surface area (TPSA) is 15.3 Å². The fourth-order valence-electron chi connectivity index (χ4n) is 2.40. The molecule has 0 aliphatic rings. The predicted octanol–water partition coefficient (Wildman–Crippen LogP) is 5.53. The Kier molecular flexibility index (Phi) is 6.27. The van der Waals surface area contributed by atoms with Gasteiger partial charge in [0.05, 0.1) is 6.04 Å². The van der Waals surface area contributed by atoms with Crippen molar-refractivity contribution < 1.29 is 0 Å². The van der Waals surface area contributed by atoms with Crippen molar-refractivity contribution in [2.24, 2.45) is 0 Å². The minimum absolute atomic E-state index is 0.303. The first-order valence-electron chi connectivity index (χ1n) is 7.45. The second-order valence-corrected chi connectivity index (χ2v) is 6.92. The first-order valence-corrected chi connectivity index (χ1v) is 9.12. The SMILES string of the molecule is CCN(CC)Cc1ccccc1NC(C)c1sccc1Br. The summed E-state index contributed by atoms with van der Waals surface area (Å²) in [5, 5.41) is 5.79. The van der Waals surface area contributed by atoms with Gasteiger partial charge in [-0.1, -0.05) is 32.0 Å². The molecule has 2 aromatic rings. The normalized spacial score (nSPS) is 12.6. The molecule has 1 aromatic carbocycles. The number of hydrogen-bond acceptors (Lipinski definition) is 3. The van der Waals surface area contributed by atoms with Crippen LogP contribution in [-0.2, 0) is 6.54 Å². The molecule has 2 rings (SSSR count). The van der Waals surface area contributed by atoms with Crippen molar-refractivity contribution in [1.82, 2.24) is 4.90 Å². The van der Waals surface area contributed by atoms with Gasteiger partial charge in [0, 0.05) is 21.6 Å². The molecule has 2 nitrogen and oxygen atoms in total. The highest BCUT2D eigenvalue weighted by atomic mass is 79.9. The van der Waals surface area contributed by atoms with Gasteiger partial charge in [-0.25, -0.2) is 0 Å². The average molecular weight is 367 g/mol. The van der Waals surface area contributed by atoms with E-state index in [1.54, 1.807) is 11.3 Å². The molecule has 0 amide bonds. The molecule has 1 aromatic heterocycles. The van der Waals surface area contributed by atoms with Crippen LogP contribution in [0.15, 0.2) is 40.2 Å². The van der Waals surface area contributed by atoms with Crippen LogP contribution in [0.3, 0.4) is 0 Å². The zero-order valence-electron chi connectivity index (χ0n) is 12.9. The van der Waals surface area contributed by atoms with E-state index in [2.05, 4.69) is 82.6 Å². The number of halogens is 1. The van der Waals surface area contributed by atoms with E-state index in [0.29, 0.717) is 6.04 Å². The Morgan fingerprint density at radius 1 is 1.19 bits per heavy atom. The third-order valence-corrected chi connectivity index (χ3v) is 5.77. The Labute approximate surface area is 140 Å². The van der Waals surface area contributed by atoms with Crippen LogP contribution in [0.2, 0.25) is 0 Å². The molecule has 114 valence electrons. The standard InChI is InChI=1S/C17H23BrN2S/c1-4-20(5-2)12-14-8-6-7-9-16(14)19-13(3)17-15(18)10-11-21-17/h6-11,13,19H,4-5,12H2,1-3H3. The highest BCUT2D eigenvalue weighted by Gasteiger charge is 2.13. The highest BCUT2D eigenvalue weighted by Crippen LogP contribution is 2.32. The fraction of sp³-hybridized carbons (Fsp3) is 0.412. The quantitative estimate of drug-likeness (QED) is 0.693. The zero-order valence-corrected chi connectivity index (χ0v) is 15.3. The van der Waals surface area contributed by atoms with Gasteiger partial charge in [-0.15, -0.1) is 11.3 Å². The van der Waals surface area contributed by atoms with Crippen molar-refractivity contribution in [2.75, 3.05) is 18.4 Å². The number of nitrogens with one attached hydrogen (secondary N) is 1. The predicted molar refractivity (Wildman–Crippen MR) is 97.1 cm³/mol. The van der Waals surface area contributed by atoms with Crippen LogP contribution in [0, 0.1) is 0 Å². The lowest BCUT2D eigenvalue weighted by Crippen LogP contribution is -2.23. The van der Waals surface area contributed by atoms with Crippen molar-refractivity contribution in [1.29, 1.82) is 0 Å². The molecule has 0 spiro atoms. The molecule has 0 saturated heterocycles. The van der Waals surface area contributed by atoms with E-state index >= 15 is 0 Å². The van der Waals surface area contributed by atoms with Gasteiger partial charge in [-0.05, 0) is 59.0 Å². The van der Waals surface area contributed by atoms with Crippen LogP contribution in [0.4, 0.5) is 5.69 Å². The lowest BCUT2D eigenvalue weighted by atomic mass is 10.1.